The first-order chi connectivity index (χ1) is 6.44. The molecular weight excluding hydrogens is 215 g/mol. The maximum absolute atomic E-state index is 12.1. The van der Waals surface area contributed by atoms with Gasteiger partial charge < -0.3 is 4.57 Å². The minimum atomic E-state index is -4.24. The van der Waals surface area contributed by atoms with Crippen LogP contribution in [0.2, 0.25) is 0 Å². The fourth-order valence-corrected chi connectivity index (χ4v) is 1.36. The van der Waals surface area contributed by atoms with Gasteiger partial charge in [-0.1, -0.05) is 6.92 Å². The van der Waals surface area contributed by atoms with E-state index in [0.717, 1.165) is 6.42 Å². The van der Waals surface area contributed by atoms with Crippen LogP contribution in [0.3, 0.4) is 0 Å². The Morgan fingerprint density at radius 1 is 1.50 bits per heavy atom. The second-order valence-electron chi connectivity index (χ2n) is 2.89. The van der Waals surface area contributed by atoms with Gasteiger partial charge in [0.15, 0.2) is 4.77 Å². The van der Waals surface area contributed by atoms with E-state index in [1.807, 2.05) is 6.92 Å². The standard InChI is InChI=1S/C7H10F3N3S/c1-2-3-13-5(4-7(8,9)10)11-12-6(13)14/h2-4H2,1H3,(H,12,14). The van der Waals surface area contributed by atoms with Crippen LogP contribution in [0.5, 0.6) is 0 Å². The molecule has 7 heteroatoms. The Morgan fingerprint density at radius 3 is 2.64 bits per heavy atom. The van der Waals surface area contributed by atoms with Crippen LogP contribution < -0.4 is 0 Å². The van der Waals surface area contributed by atoms with Gasteiger partial charge in [0.2, 0.25) is 0 Å². The van der Waals surface area contributed by atoms with Gasteiger partial charge in [0.1, 0.15) is 12.2 Å². The van der Waals surface area contributed by atoms with E-state index < -0.39 is 12.6 Å². The Hall–Kier alpha value is -0.850. The van der Waals surface area contributed by atoms with Crippen molar-refractivity contribution in [1.29, 1.82) is 0 Å². The minimum absolute atomic E-state index is 0.0515. The maximum Gasteiger partial charge on any atom is 0.396 e. The second kappa shape index (κ2) is 4.12. The molecule has 0 aliphatic heterocycles. The highest BCUT2D eigenvalue weighted by atomic mass is 32.1. The number of H-pyrrole nitrogens is 1. The third kappa shape index (κ3) is 2.83. The van der Waals surface area contributed by atoms with Gasteiger partial charge >= 0.3 is 6.18 Å². The first kappa shape index (κ1) is 11.2. The number of halogens is 3. The molecule has 0 bridgehead atoms. The molecule has 0 saturated heterocycles. The van der Waals surface area contributed by atoms with Crippen molar-refractivity contribution in [2.45, 2.75) is 32.5 Å². The van der Waals surface area contributed by atoms with E-state index in [-0.39, 0.29) is 10.6 Å². The molecule has 1 rings (SSSR count). The quantitative estimate of drug-likeness (QED) is 0.802. The van der Waals surface area contributed by atoms with Crippen LogP contribution in [-0.4, -0.2) is 20.9 Å². The fraction of sp³-hybridized carbons (Fsp3) is 0.714. The van der Waals surface area contributed by atoms with Crippen molar-refractivity contribution in [3.05, 3.63) is 10.6 Å². The van der Waals surface area contributed by atoms with E-state index in [1.165, 1.54) is 4.57 Å². The molecule has 1 heterocycles. The topological polar surface area (TPSA) is 33.6 Å². The van der Waals surface area contributed by atoms with Crippen molar-refractivity contribution in [2.24, 2.45) is 0 Å². The molecule has 0 unspecified atom stereocenters. The smallest absolute Gasteiger partial charge is 0.304 e. The summed E-state index contributed by atoms with van der Waals surface area (Å²) in [5.74, 6) is -0.0515. The van der Waals surface area contributed by atoms with Crippen LogP contribution >= 0.6 is 12.2 Å². The number of nitrogens with one attached hydrogen (secondary N) is 1. The molecule has 14 heavy (non-hydrogen) atoms. The summed E-state index contributed by atoms with van der Waals surface area (Å²) in [5.41, 5.74) is 0. The number of rotatable bonds is 3. The minimum Gasteiger partial charge on any atom is -0.304 e. The Bertz CT molecular complexity index is 352. The van der Waals surface area contributed by atoms with Crippen molar-refractivity contribution in [2.75, 3.05) is 0 Å². The molecular formula is C7H10F3N3S. The molecule has 1 N–H and O–H groups in total. The first-order valence-electron chi connectivity index (χ1n) is 4.15. The van der Waals surface area contributed by atoms with E-state index in [0.29, 0.717) is 6.54 Å². The third-order valence-electron chi connectivity index (χ3n) is 1.64. The van der Waals surface area contributed by atoms with Crippen molar-refractivity contribution >= 4 is 12.2 Å². The molecule has 0 radical (unpaired) electrons. The van der Waals surface area contributed by atoms with E-state index in [9.17, 15) is 13.2 Å². The van der Waals surface area contributed by atoms with Crippen molar-refractivity contribution in [1.82, 2.24) is 14.8 Å². The van der Waals surface area contributed by atoms with E-state index in [2.05, 4.69) is 10.2 Å². The largest absolute Gasteiger partial charge is 0.396 e. The summed E-state index contributed by atoms with van der Waals surface area (Å²) in [4.78, 5) is 0. The highest BCUT2D eigenvalue weighted by molar-refractivity contribution is 7.71. The average molecular weight is 225 g/mol. The lowest BCUT2D eigenvalue weighted by molar-refractivity contribution is -0.129. The van der Waals surface area contributed by atoms with E-state index in [4.69, 9.17) is 12.2 Å². The summed E-state index contributed by atoms with van der Waals surface area (Å²) in [5, 5.41) is 5.91. The molecule has 80 valence electrons. The van der Waals surface area contributed by atoms with E-state index in [1.54, 1.807) is 0 Å². The van der Waals surface area contributed by atoms with Gasteiger partial charge in [-0.3, -0.25) is 5.10 Å². The summed E-state index contributed by atoms with van der Waals surface area (Å²) in [6.07, 6.45) is -4.56. The van der Waals surface area contributed by atoms with Crippen LogP contribution in [0.15, 0.2) is 0 Å². The average Bonchev–Trinajstić information content (AvgIpc) is 2.33. The zero-order valence-electron chi connectivity index (χ0n) is 7.56. The molecule has 0 aliphatic rings. The lowest BCUT2D eigenvalue weighted by Gasteiger charge is -2.07. The highest BCUT2D eigenvalue weighted by Gasteiger charge is 2.30. The van der Waals surface area contributed by atoms with Gasteiger partial charge in [-0.05, 0) is 18.6 Å². The van der Waals surface area contributed by atoms with Crippen molar-refractivity contribution < 1.29 is 13.2 Å². The predicted octanol–water partition coefficient (Wildman–Crippen LogP) is 2.46. The number of aromatic amines is 1. The highest BCUT2D eigenvalue weighted by Crippen LogP contribution is 2.20. The summed E-state index contributed by atoms with van der Waals surface area (Å²) in [6.45, 7) is 2.33. The predicted molar refractivity (Wildman–Crippen MR) is 47.5 cm³/mol. The molecule has 0 spiro atoms. The van der Waals surface area contributed by atoms with Gasteiger partial charge in [-0.15, -0.1) is 0 Å². The van der Waals surface area contributed by atoms with Crippen LogP contribution in [0.4, 0.5) is 13.2 Å². The van der Waals surface area contributed by atoms with Crippen LogP contribution in [0.1, 0.15) is 19.2 Å². The molecule has 0 amide bonds. The zero-order valence-corrected chi connectivity index (χ0v) is 8.37. The fourth-order valence-electron chi connectivity index (χ4n) is 1.12. The number of aromatic nitrogens is 3. The van der Waals surface area contributed by atoms with Gasteiger partial charge in [-0.25, -0.2) is 0 Å². The lowest BCUT2D eigenvalue weighted by atomic mass is 10.4. The van der Waals surface area contributed by atoms with Crippen LogP contribution in [0, 0.1) is 4.77 Å². The third-order valence-corrected chi connectivity index (χ3v) is 1.95. The van der Waals surface area contributed by atoms with Gasteiger partial charge in [0.25, 0.3) is 0 Å². The molecule has 0 aliphatic carbocycles. The Morgan fingerprint density at radius 2 is 2.14 bits per heavy atom. The Labute approximate surface area is 83.9 Å². The monoisotopic (exact) mass is 225 g/mol. The summed E-state index contributed by atoms with van der Waals surface area (Å²) < 4.78 is 37.8. The Balaban J connectivity index is 2.92. The molecule has 3 nitrogen and oxygen atoms in total. The van der Waals surface area contributed by atoms with Crippen molar-refractivity contribution in [3.8, 4) is 0 Å². The molecule has 0 aromatic carbocycles. The lowest BCUT2D eigenvalue weighted by Crippen LogP contribution is -2.16. The summed E-state index contributed by atoms with van der Waals surface area (Å²) in [6, 6.07) is 0. The Kier molecular flexibility index (Phi) is 3.30. The molecule has 0 saturated carbocycles. The SMILES string of the molecule is CCCn1c(CC(F)(F)F)n[nH]c1=S. The maximum atomic E-state index is 12.1. The van der Waals surface area contributed by atoms with Gasteiger partial charge in [0, 0.05) is 6.54 Å². The molecule has 1 aromatic rings. The van der Waals surface area contributed by atoms with Crippen LogP contribution in [0.25, 0.3) is 0 Å². The number of nitrogens with zero attached hydrogens (tertiary/aromatic N) is 2. The number of hydrogen-bond acceptors (Lipinski definition) is 2. The summed E-state index contributed by atoms with van der Waals surface area (Å²) >= 11 is 4.81. The first-order valence-corrected chi connectivity index (χ1v) is 4.55. The number of hydrogen-bond donors (Lipinski definition) is 1. The van der Waals surface area contributed by atoms with Crippen molar-refractivity contribution in [3.63, 3.8) is 0 Å². The van der Waals surface area contributed by atoms with Gasteiger partial charge in [0.05, 0.1) is 0 Å². The zero-order chi connectivity index (χ0) is 10.8. The van der Waals surface area contributed by atoms with Gasteiger partial charge in [-0.2, -0.15) is 18.3 Å². The van der Waals surface area contributed by atoms with E-state index >= 15 is 0 Å². The summed E-state index contributed by atoms with van der Waals surface area (Å²) in [7, 11) is 0. The molecule has 0 fully saturated rings. The normalized spacial score (nSPS) is 12.0. The number of alkyl halides is 3. The van der Waals surface area contributed by atoms with Crippen LogP contribution in [-0.2, 0) is 13.0 Å². The molecule has 1 aromatic heterocycles. The molecule has 0 atom stereocenters. The second-order valence-corrected chi connectivity index (χ2v) is 3.28.